The Hall–Kier alpha value is -3.68. The van der Waals surface area contributed by atoms with Gasteiger partial charge in [-0.25, -0.2) is 9.67 Å². The maximum absolute atomic E-state index is 12.9. The molecule has 1 amide bonds. The first-order valence-electron chi connectivity index (χ1n) is 8.36. The molecule has 0 radical (unpaired) electrons. The van der Waals surface area contributed by atoms with Crippen molar-refractivity contribution in [2.24, 2.45) is 0 Å². The van der Waals surface area contributed by atoms with Gasteiger partial charge in [0.25, 0.3) is 11.5 Å². The molecule has 8 nitrogen and oxygen atoms in total. The standard InChI is InChI=1S/C19H17N5O3/c1-19(2,17(26)22-18-20-12-6-3-4-7-13(12)21-18)24-16(25)10-9-14(23-24)15-8-5-11-27-15/h3-11H,1-2H3,(H2,20,21,22,26). The quantitative estimate of drug-likeness (QED) is 0.580. The number of imidazole rings is 1. The van der Waals surface area contributed by atoms with Crippen molar-refractivity contribution in [2.45, 2.75) is 19.4 Å². The summed E-state index contributed by atoms with van der Waals surface area (Å²) in [6, 6.07) is 13.8. The van der Waals surface area contributed by atoms with Crippen LogP contribution in [0.25, 0.3) is 22.5 Å². The van der Waals surface area contributed by atoms with E-state index in [-0.39, 0.29) is 0 Å². The van der Waals surface area contributed by atoms with Crippen LogP contribution in [0.1, 0.15) is 13.8 Å². The van der Waals surface area contributed by atoms with Crippen molar-refractivity contribution in [1.29, 1.82) is 0 Å². The van der Waals surface area contributed by atoms with Crippen LogP contribution in [0.15, 0.2) is 64.0 Å². The number of furan rings is 1. The Balaban J connectivity index is 1.66. The van der Waals surface area contributed by atoms with Crippen molar-refractivity contribution in [3.8, 4) is 11.5 Å². The van der Waals surface area contributed by atoms with E-state index in [4.69, 9.17) is 4.42 Å². The molecule has 1 aromatic carbocycles. The second-order valence-corrected chi connectivity index (χ2v) is 6.56. The summed E-state index contributed by atoms with van der Waals surface area (Å²) in [6.07, 6.45) is 1.52. The highest BCUT2D eigenvalue weighted by Gasteiger charge is 2.33. The van der Waals surface area contributed by atoms with E-state index in [1.54, 1.807) is 32.0 Å². The molecule has 3 aromatic heterocycles. The summed E-state index contributed by atoms with van der Waals surface area (Å²) < 4.78 is 6.47. The summed E-state index contributed by atoms with van der Waals surface area (Å²) in [5, 5.41) is 7.03. The second kappa shape index (κ2) is 6.24. The van der Waals surface area contributed by atoms with Gasteiger partial charge in [-0.1, -0.05) is 12.1 Å². The van der Waals surface area contributed by atoms with E-state index < -0.39 is 17.0 Å². The van der Waals surface area contributed by atoms with E-state index in [1.165, 1.54) is 12.3 Å². The monoisotopic (exact) mass is 363 g/mol. The number of carbonyl (C=O) groups is 1. The number of hydrogen-bond donors (Lipinski definition) is 2. The van der Waals surface area contributed by atoms with E-state index in [0.29, 0.717) is 17.4 Å². The smallest absolute Gasteiger partial charge is 0.267 e. The van der Waals surface area contributed by atoms with Gasteiger partial charge in [-0.15, -0.1) is 0 Å². The number of anilines is 1. The molecule has 0 fully saturated rings. The zero-order chi connectivity index (χ0) is 19.0. The number of amides is 1. The lowest BCUT2D eigenvalue weighted by Crippen LogP contribution is -2.47. The Kier molecular flexibility index (Phi) is 3.88. The van der Waals surface area contributed by atoms with Crippen LogP contribution in [0.3, 0.4) is 0 Å². The van der Waals surface area contributed by atoms with Gasteiger partial charge in [-0.2, -0.15) is 5.10 Å². The molecule has 4 aromatic rings. The zero-order valence-electron chi connectivity index (χ0n) is 14.8. The summed E-state index contributed by atoms with van der Waals surface area (Å²) in [7, 11) is 0. The topological polar surface area (TPSA) is 106 Å². The van der Waals surface area contributed by atoms with Crippen molar-refractivity contribution in [1.82, 2.24) is 19.7 Å². The molecule has 0 spiro atoms. The predicted molar refractivity (Wildman–Crippen MR) is 100 cm³/mol. The third kappa shape index (κ3) is 3.01. The summed E-state index contributed by atoms with van der Waals surface area (Å²) in [4.78, 5) is 32.6. The molecule has 3 heterocycles. The number of benzene rings is 1. The van der Waals surface area contributed by atoms with Crippen molar-refractivity contribution in [3.63, 3.8) is 0 Å². The Morgan fingerprint density at radius 1 is 1.15 bits per heavy atom. The third-order valence-electron chi connectivity index (χ3n) is 4.28. The van der Waals surface area contributed by atoms with Gasteiger partial charge in [0.05, 0.1) is 17.3 Å². The molecule has 0 unspecified atom stereocenters. The lowest BCUT2D eigenvalue weighted by molar-refractivity contribution is -0.123. The van der Waals surface area contributed by atoms with E-state index in [0.717, 1.165) is 15.7 Å². The minimum absolute atomic E-state index is 0.310. The van der Waals surface area contributed by atoms with Crippen LogP contribution < -0.4 is 10.9 Å². The third-order valence-corrected chi connectivity index (χ3v) is 4.28. The lowest BCUT2D eigenvalue weighted by atomic mass is 10.1. The Morgan fingerprint density at radius 2 is 1.96 bits per heavy atom. The summed E-state index contributed by atoms with van der Waals surface area (Å²) in [5.74, 6) is 0.398. The van der Waals surface area contributed by atoms with Crippen LogP contribution in [-0.4, -0.2) is 25.7 Å². The van der Waals surface area contributed by atoms with Crippen LogP contribution in [0.2, 0.25) is 0 Å². The molecule has 2 N–H and O–H groups in total. The number of aromatic amines is 1. The number of fused-ring (bicyclic) bond motifs is 1. The van der Waals surface area contributed by atoms with Crippen LogP contribution in [0.5, 0.6) is 0 Å². The van der Waals surface area contributed by atoms with Gasteiger partial charge < -0.3 is 9.40 Å². The average molecular weight is 363 g/mol. The Morgan fingerprint density at radius 3 is 2.70 bits per heavy atom. The van der Waals surface area contributed by atoms with Gasteiger partial charge in [-0.3, -0.25) is 14.9 Å². The largest absolute Gasteiger partial charge is 0.463 e. The van der Waals surface area contributed by atoms with Crippen LogP contribution in [-0.2, 0) is 10.3 Å². The molecule has 0 atom stereocenters. The molecule has 136 valence electrons. The van der Waals surface area contributed by atoms with Gasteiger partial charge in [0.1, 0.15) is 11.2 Å². The molecule has 0 saturated carbocycles. The van der Waals surface area contributed by atoms with Crippen LogP contribution in [0, 0.1) is 0 Å². The van der Waals surface area contributed by atoms with Crippen LogP contribution in [0.4, 0.5) is 5.95 Å². The van der Waals surface area contributed by atoms with Crippen molar-refractivity contribution >= 4 is 22.9 Å². The highest BCUT2D eigenvalue weighted by Crippen LogP contribution is 2.20. The van der Waals surface area contributed by atoms with Gasteiger partial charge in [-0.05, 0) is 44.2 Å². The Bertz CT molecular complexity index is 1140. The fraction of sp³-hybridized carbons (Fsp3) is 0.158. The Labute approximate surface area is 153 Å². The van der Waals surface area contributed by atoms with Crippen molar-refractivity contribution in [3.05, 3.63) is 65.1 Å². The fourth-order valence-electron chi connectivity index (χ4n) is 2.74. The molecular formula is C19H17N5O3. The first kappa shape index (κ1) is 16.8. The van der Waals surface area contributed by atoms with Gasteiger partial charge >= 0.3 is 0 Å². The fourth-order valence-corrected chi connectivity index (χ4v) is 2.74. The molecule has 0 bridgehead atoms. The number of rotatable bonds is 4. The molecule has 27 heavy (non-hydrogen) atoms. The van der Waals surface area contributed by atoms with Gasteiger partial charge in [0.2, 0.25) is 5.95 Å². The predicted octanol–water partition coefficient (Wildman–Crippen LogP) is 2.75. The highest BCUT2D eigenvalue weighted by molar-refractivity contribution is 5.96. The average Bonchev–Trinajstić information content (AvgIpc) is 3.31. The SMILES string of the molecule is CC(C)(C(=O)Nc1nc2ccccc2[nH]1)n1nc(-c2ccco2)ccc1=O. The molecular weight excluding hydrogens is 346 g/mol. The normalized spacial score (nSPS) is 11.6. The molecule has 0 aliphatic carbocycles. The van der Waals surface area contributed by atoms with Crippen LogP contribution >= 0.6 is 0 Å². The summed E-state index contributed by atoms with van der Waals surface area (Å²) >= 11 is 0. The molecule has 0 saturated heterocycles. The van der Waals surface area contributed by atoms with E-state index in [9.17, 15) is 9.59 Å². The maximum Gasteiger partial charge on any atom is 0.267 e. The first-order valence-corrected chi connectivity index (χ1v) is 8.36. The van der Waals surface area contributed by atoms with Gasteiger partial charge in [0, 0.05) is 6.07 Å². The number of H-pyrrole nitrogens is 1. The summed E-state index contributed by atoms with van der Waals surface area (Å²) in [6.45, 7) is 3.23. The minimum atomic E-state index is -1.25. The molecule has 8 heteroatoms. The number of nitrogens with zero attached hydrogens (tertiary/aromatic N) is 3. The van der Waals surface area contributed by atoms with E-state index in [1.807, 2.05) is 24.3 Å². The van der Waals surface area contributed by atoms with E-state index >= 15 is 0 Å². The second-order valence-electron chi connectivity index (χ2n) is 6.56. The number of nitrogens with one attached hydrogen (secondary N) is 2. The number of aromatic nitrogens is 4. The van der Waals surface area contributed by atoms with Crippen molar-refractivity contribution < 1.29 is 9.21 Å². The number of carbonyl (C=O) groups excluding carboxylic acids is 1. The number of para-hydroxylation sites is 2. The molecule has 4 rings (SSSR count). The first-order chi connectivity index (χ1) is 12.9. The lowest BCUT2D eigenvalue weighted by Gasteiger charge is -2.24. The van der Waals surface area contributed by atoms with Crippen molar-refractivity contribution in [2.75, 3.05) is 5.32 Å². The maximum atomic E-state index is 12.9. The number of hydrogen-bond acceptors (Lipinski definition) is 5. The summed E-state index contributed by atoms with van der Waals surface area (Å²) in [5.41, 5.74) is 0.360. The van der Waals surface area contributed by atoms with E-state index in [2.05, 4.69) is 20.4 Å². The minimum Gasteiger partial charge on any atom is -0.463 e. The molecule has 0 aliphatic heterocycles. The highest BCUT2D eigenvalue weighted by atomic mass is 16.3. The zero-order valence-corrected chi connectivity index (χ0v) is 14.8. The molecule has 0 aliphatic rings. The van der Waals surface area contributed by atoms with Gasteiger partial charge in [0.15, 0.2) is 5.76 Å².